The molecule has 0 saturated heterocycles. The molecular weight excluding hydrogens is 330 g/mol. The van der Waals surface area contributed by atoms with E-state index in [4.69, 9.17) is 15.6 Å². The smallest absolute Gasteiger partial charge is 0.358 e. The van der Waals surface area contributed by atoms with E-state index in [-0.39, 0.29) is 0 Å². The molecule has 24 heavy (non-hydrogen) atoms. The van der Waals surface area contributed by atoms with Gasteiger partial charge in [-0.3, -0.25) is 4.68 Å². The van der Waals surface area contributed by atoms with Gasteiger partial charge in [0.1, 0.15) is 5.82 Å². The summed E-state index contributed by atoms with van der Waals surface area (Å²) in [6, 6.07) is 3.61. The summed E-state index contributed by atoms with van der Waals surface area (Å²) >= 11 is 0. The van der Waals surface area contributed by atoms with Crippen LogP contribution in [0.25, 0.3) is 11.1 Å². The van der Waals surface area contributed by atoms with Gasteiger partial charge in [0.2, 0.25) is 0 Å². The van der Waals surface area contributed by atoms with Gasteiger partial charge in [-0.15, -0.1) is 0 Å². The summed E-state index contributed by atoms with van der Waals surface area (Å²) < 4.78 is 53.1. The number of hydrogen-bond acceptors (Lipinski definition) is 4. The first kappa shape index (κ1) is 18.1. The summed E-state index contributed by atoms with van der Waals surface area (Å²) in [6.45, 7) is 2.50. The highest BCUT2D eigenvalue weighted by molar-refractivity contribution is 5.99. The predicted molar refractivity (Wildman–Crippen MR) is 78.0 cm³/mol. The fourth-order valence-electron chi connectivity index (χ4n) is 2.07. The summed E-state index contributed by atoms with van der Waals surface area (Å²) in [5.41, 5.74) is -0.245. The molecule has 0 spiro atoms. The third kappa shape index (κ3) is 3.62. The van der Waals surface area contributed by atoms with E-state index in [0.29, 0.717) is 17.7 Å². The van der Waals surface area contributed by atoms with Crippen LogP contribution in [-0.4, -0.2) is 37.7 Å². The molecule has 0 aliphatic carbocycles. The zero-order valence-corrected chi connectivity index (χ0v) is 12.6. The van der Waals surface area contributed by atoms with Crippen LogP contribution in [0.4, 0.5) is 17.6 Å². The van der Waals surface area contributed by atoms with E-state index in [9.17, 15) is 17.6 Å². The molecule has 9 heteroatoms. The van der Waals surface area contributed by atoms with Gasteiger partial charge >= 0.3 is 6.18 Å². The fourth-order valence-corrected chi connectivity index (χ4v) is 2.07. The molecule has 2 rings (SSSR count). The molecular formula is C15H15F4N3O2. The molecule has 0 fully saturated rings. The monoisotopic (exact) mass is 345 g/mol. The average molecular weight is 345 g/mol. The summed E-state index contributed by atoms with van der Waals surface area (Å²) in [5.74, 6) is -5.02. The summed E-state index contributed by atoms with van der Waals surface area (Å²) in [6.07, 6.45) is -3.62. The normalized spacial score (nSPS) is 12.5. The molecule has 0 saturated carbocycles. The highest BCUT2D eigenvalue weighted by atomic mass is 19.4. The van der Waals surface area contributed by atoms with Crippen LogP contribution in [0, 0.1) is 11.2 Å². The lowest BCUT2D eigenvalue weighted by atomic mass is 9.99. The maximum atomic E-state index is 14.1. The highest BCUT2D eigenvalue weighted by Crippen LogP contribution is 2.32. The molecule has 0 atom stereocenters. The van der Waals surface area contributed by atoms with Crippen LogP contribution in [0.15, 0.2) is 30.6 Å². The Kier molecular flexibility index (Phi) is 4.77. The number of hydrogen-bond donors (Lipinski definition) is 3. The number of aliphatic hydroxyl groups is 2. The number of nitrogens with one attached hydrogen (secondary N) is 1. The van der Waals surface area contributed by atoms with Crippen LogP contribution in [-0.2, 0) is 6.54 Å². The first-order chi connectivity index (χ1) is 11.0. The second-order valence-corrected chi connectivity index (χ2v) is 5.25. The highest BCUT2D eigenvalue weighted by Gasteiger charge is 2.53. The number of alkyl halides is 3. The third-order valence-corrected chi connectivity index (χ3v) is 3.46. The molecule has 5 nitrogen and oxygen atoms in total. The van der Waals surface area contributed by atoms with Gasteiger partial charge in [0.05, 0.1) is 12.6 Å². The number of rotatable bonds is 5. The van der Waals surface area contributed by atoms with Gasteiger partial charge < -0.3 is 15.6 Å². The number of halogens is 4. The Morgan fingerprint density at radius 3 is 2.42 bits per heavy atom. The Hall–Kier alpha value is -2.26. The predicted octanol–water partition coefficient (Wildman–Crippen LogP) is 2.71. The van der Waals surface area contributed by atoms with Gasteiger partial charge in [0, 0.05) is 29.6 Å². The van der Waals surface area contributed by atoms with Crippen molar-refractivity contribution in [2.24, 2.45) is 0 Å². The van der Waals surface area contributed by atoms with Crippen molar-refractivity contribution in [3.05, 3.63) is 42.0 Å². The van der Waals surface area contributed by atoms with E-state index in [1.807, 2.05) is 6.92 Å². The van der Waals surface area contributed by atoms with Crippen LogP contribution in [0.1, 0.15) is 18.9 Å². The number of benzene rings is 1. The molecule has 0 bridgehead atoms. The fraction of sp³-hybridized carbons (Fsp3) is 0.333. The Bertz CT molecular complexity index is 753. The molecule has 0 radical (unpaired) electrons. The summed E-state index contributed by atoms with van der Waals surface area (Å²) in [5, 5.41) is 29.6. The van der Waals surface area contributed by atoms with Crippen molar-refractivity contribution in [2.75, 3.05) is 0 Å². The van der Waals surface area contributed by atoms with Gasteiger partial charge in [-0.05, 0) is 24.6 Å². The minimum Gasteiger partial charge on any atom is -0.358 e. The molecule has 0 unspecified atom stereocenters. The average Bonchev–Trinajstić information content (AvgIpc) is 2.94. The second kappa shape index (κ2) is 6.33. The van der Waals surface area contributed by atoms with Crippen LogP contribution >= 0.6 is 0 Å². The topological polar surface area (TPSA) is 82.1 Å². The first-order valence-corrected chi connectivity index (χ1v) is 6.97. The van der Waals surface area contributed by atoms with Crippen molar-refractivity contribution < 1.29 is 27.8 Å². The summed E-state index contributed by atoms with van der Waals surface area (Å²) in [7, 11) is 0. The van der Waals surface area contributed by atoms with Gasteiger partial charge in [-0.25, -0.2) is 4.39 Å². The molecule has 0 aliphatic rings. The van der Waals surface area contributed by atoms with Crippen molar-refractivity contribution in [2.45, 2.75) is 31.9 Å². The SMILES string of the molecule is CCn1cc(-c2ccc(C(=N)CC(O)(O)C(F)(F)F)c(F)c2)cn1. The molecule has 0 aliphatic heterocycles. The van der Waals surface area contributed by atoms with Gasteiger partial charge in [0.15, 0.2) is 0 Å². The van der Waals surface area contributed by atoms with E-state index in [0.717, 1.165) is 12.1 Å². The lowest BCUT2D eigenvalue weighted by Gasteiger charge is -2.24. The quantitative estimate of drug-likeness (QED) is 0.443. The lowest BCUT2D eigenvalue weighted by molar-refractivity contribution is -0.344. The molecule has 2 aromatic rings. The van der Waals surface area contributed by atoms with Gasteiger partial charge in [-0.1, -0.05) is 6.07 Å². The molecule has 1 aromatic carbocycles. The number of nitrogens with zero attached hydrogens (tertiary/aromatic N) is 2. The third-order valence-electron chi connectivity index (χ3n) is 3.46. The standard InChI is InChI=1S/C15H15F4N3O2/c1-2-22-8-10(7-21-22)9-3-4-11(12(16)5-9)13(20)6-14(23,24)15(17,18)19/h3-5,7-8,20,23-24H,2,6H2,1H3. The van der Waals surface area contributed by atoms with Gasteiger partial charge in [-0.2, -0.15) is 18.3 Å². The first-order valence-electron chi connectivity index (χ1n) is 6.97. The molecule has 130 valence electrons. The van der Waals surface area contributed by atoms with Crippen molar-refractivity contribution >= 4 is 5.71 Å². The Balaban J connectivity index is 2.25. The van der Waals surface area contributed by atoms with Crippen LogP contribution in [0.2, 0.25) is 0 Å². The van der Waals surface area contributed by atoms with E-state index in [1.165, 1.54) is 12.3 Å². The minimum absolute atomic E-state index is 0.432. The number of aryl methyl sites for hydroxylation is 1. The van der Waals surface area contributed by atoms with Crippen LogP contribution in [0.5, 0.6) is 0 Å². The van der Waals surface area contributed by atoms with Crippen molar-refractivity contribution in [3.63, 3.8) is 0 Å². The zero-order valence-electron chi connectivity index (χ0n) is 12.6. The van der Waals surface area contributed by atoms with E-state index < -0.39 is 35.5 Å². The largest absolute Gasteiger partial charge is 0.443 e. The maximum Gasteiger partial charge on any atom is 0.443 e. The maximum absolute atomic E-state index is 14.1. The molecule has 3 N–H and O–H groups in total. The van der Waals surface area contributed by atoms with Gasteiger partial charge in [0.25, 0.3) is 5.79 Å². The number of aromatic nitrogens is 2. The molecule has 0 amide bonds. The molecule has 1 aromatic heterocycles. The van der Waals surface area contributed by atoms with E-state index in [2.05, 4.69) is 5.10 Å². The lowest BCUT2D eigenvalue weighted by Crippen LogP contribution is -2.46. The van der Waals surface area contributed by atoms with E-state index >= 15 is 0 Å². The van der Waals surface area contributed by atoms with Crippen LogP contribution < -0.4 is 0 Å². The minimum atomic E-state index is -5.34. The second-order valence-electron chi connectivity index (χ2n) is 5.25. The Morgan fingerprint density at radius 1 is 1.25 bits per heavy atom. The summed E-state index contributed by atoms with van der Waals surface area (Å²) in [4.78, 5) is 0. The Morgan fingerprint density at radius 2 is 1.92 bits per heavy atom. The zero-order chi connectivity index (χ0) is 18.1. The van der Waals surface area contributed by atoms with Crippen molar-refractivity contribution in [3.8, 4) is 11.1 Å². The Labute approximate surface area is 134 Å². The van der Waals surface area contributed by atoms with Crippen molar-refractivity contribution in [1.29, 1.82) is 5.41 Å². The van der Waals surface area contributed by atoms with E-state index in [1.54, 1.807) is 10.9 Å². The van der Waals surface area contributed by atoms with Crippen molar-refractivity contribution in [1.82, 2.24) is 9.78 Å². The molecule has 1 heterocycles. The van der Waals surface area contributed by atoms with Crippen LogP contribution in [0.3, 0.4) is 0 Å².